The Balaban J connectivity index is 0. The second-order valence-corrected chi connectivity index (χ2v) is 0. The first-order valence-electron chi connectivity index (χ1n) is 0. The van der Waals surface area contributed by atoms with Crippen LogP contribution >= 0.6 is 0 Å². The molecule has 0 aromatic rings. The molecular formula is O2SnTiZr. The molecule has 2 nitrogen and oxygen atoms in total. The van der Waals surface area contributed by atoms with Crippen LogP contribution in [0.5, 0.6) is 0 Å². The summed E-state index contributed by atoms with van der Waals surface area (Å²) in [6, 6.07) is 0. The first-order chi connectivity index (χ1) is 0. The zero-order valence-electron chi connectivity index (χ0n) is 2.32. The summed E-state index contributed by atoms with van der Waals surface area (Å²) in [4.78, 5) is 0. The molecule has 24 valence electrons. The van der Waals surface area contributed by atoms with Crippen LogP contribution in [-0.2, 0) is 58.9 Å². The predicted octanol–water partition coefficient (Wildman–Crippen LogP) is -0.623. The molecule has 0 amide bonds. The van der Waals surface area contributed by atoms with E-state index in [2.05, 4.69) is 0 Å². The summed E-state index contributed by atoms with van der Waals surface area (Å²) in [6.07, 6.45) is 0. The van der Waals surface area contributed by atoms with E-state index in [1.165, 1.54) is 0 Å². The molecule has 0 saturated carbocycles. The molecule has 0 aliphatic rings. The molecule has 0 heterocycles. The second kappa shape index (κ2) is 33.3. The summed E-state index contributed by atoms with van der Waals surface area (Å²) in [6.45, 7) is 0. The van der Waals surface area contributed by atoms with E-state index in [0.717, 1.165) is 0 Å². The van der Waals surface area contributed by atoms with Crippen LogP contribution in [0.2, 0.25) is 0 Å². The minimum atomic E-state index is 0. The molecule has 0 unspecified atom stereocenters. The number of rotatable bonds is 0. The molecular weight excluding hydrogens is 290 g/mol. The standard InChI is InChI=1S/2O.Sn.Ti.Zr/q2*-2;;+4;. The fourth-order valence-corrected chi connectivity index (χ4v) is 0. The average molecular weight is 290 g/mol. The van der Waals surface area contributed by atoms with Crippen molar-refractivity contribution < 1.29 is 58.9 Å². The van der Waals surface area contributed by atoms with E-state index in [-0.39, 0.29) is 82.8 Å². The molecule has 0 aliphatic carbocycles. The molecule has 0 aliphatic heterocycles. The van der Waals surface area contributed by atoms with E-state index < -0.39 is 0 Å². The number of hydrogen-bond donors (Lipinski definition) is 0. The topological polar surface area (TPSA) is 57.0 Å². The van der Waals surface area contributed by atoms with Crippen molar-refractivity contribution in [2.24, 2.45) is 0 Å². The van der Waals surface area contributed by atoms with Crippen LogP contribution in [0.3, 0.4) is 0 Å². The fourth-order valence-electron chi connectivity index (χ4n) is 0. The number of hydrogen-bond acceptors (Lipinski definition) is 0. The van der Waals surface area contributed by atoms with Gasteiger partial charge in [-0.1, -0.05) is 0 Å². The summed E-state index contributed by atoms with van der Waals surface area (Å²) in [7, 11) is 0. The summed E-state index contributed by atoms with van der Waals surface area (Å²) >= 11 is 0. The molecule has 0 N–H and O–H groups in total. The van der Waals surface area contributed by atoms with Gasteiger partial charge in [-0.3, -0.25) is 0 Å². The molecule has 0 aromatic heterocycles. The van der Waals surface area contributed by atoms with Crippen LogP contribution in [0.4, 0.5) is 0 Å². The molecule has 0 rings (SSSR count). The van der Waals surface area contributed by atoms with E-state index in [1.807, 2.05) is 0 Å². The summed E-state index contributed by atoms with van der Waals surface area (Å²) in [5, 5.41) is 0. The Kier molecular flexibility index (Phi) is 362. The van der Waals surface area contributed by atoms with Crippen LogP contribution in [0.25, 0.3) is 0 Å². The quantitative estimate of drug-likeness (QED) is 0.534. The molecule has 5 heavy (non-hydrogen) atoms. The summed E-state index contributed by atoms with van der Waals surface area (Å²) < 4.78 is 0. The van der Waals surface area contributed by atoms with Gasteiger partial charge in [0.1, 0.15) is 0 Å². The smallest absolute Gasteiger partial charge is 2.00 e. The molecule has 0 spiro atoms. The average Bonchev–Trinajstić information content (AvgIpc) is 0. The van der Waals surface area contributed by atoms with Crippen LogP contribution in [0.15, 0.2) is 0 Å². The van der Waals surface area contributed by atoms with Gasteiger partial charge in [0.15, 0.2) is 0 Å². The SMILES string of the molecule is [O-2].[O-2].[Sn].[Ti+4].[Zr]. The van der Waals surface area contributed by atoms with Crippen molar-refractivity contribution in [3.05, 3.63) is 0 Å². The third kappa shape index (κ3) is 21.9. The first-order valence-corrected chi connectivity index (χ1v) is 0. The van der Waals surface area contributed by atoms with Gasteiger partial charge in [-0.15, -0.1) is 0 Å². The van der Waals surface area contributed by atoms with Gasteiger partial charge >= 0.3 is 21.7 Å². The van der Waals surface area contributed by atoms with E-state index in [1.54, 1.807) is 0 Å². The van der Waals surface area contributed by atoms with Crippen LogP contribution in [0, 0.1) is 0 Å². The third-order valence-electron chi connectivity index (χ3n) is 0. The van der Waals surface area contributed by atoms with Gasteiger partial charge < -0.3 is 11.0 Å². The van der Waals surface area contributed by atoms with Crippen LogP contribution < -0.4 is 0 Å². The molecule has 0 saturated heterocycles. The largest absolute Gasteiger partial charge is 4.00 e. The normalized spacial score (nSPS) is 0. The van der Waals surface area contributed by atoms with Gasteiger partial charge in [0.05, 0.1) is 0 Å². The van der Waals surface area contributed by atoms with Gasteiger partial charge in [-0.25, -0.2) is 0 Å². The van der Waals surface area contributed by atoms with Gasteiger partial charge in [0.25, 0.3) is 0 Å². The Morgan fingerprint density at radius 2 is 0.800 bits per heavy atom. The zero-order chi connectivity index (χ0) is 0. The van der Waals surface area contributed by atoms with Crippen molar-refractivity contribution >= 4 is 23.9 Å². The Labute approximate surface area is 81.7 Å². The Hall–Kier alpha value is 2.32. The molecule has 4 radical (unpaired) electrons. The Morgan fingerprint density at radius 3 is 0.800 bits per heavy atom. The minimum Gasteiger partial charge on any atom is -2.00 e. The van der Waals surface area contributed by atoms with Crippen molar-refractivity contribution in [1.29, 1.82) is 0 Å². The van der Waals surface area contributed by atoms with Gasteiger partial charge in [-0.2, -0.15) is 0 Å². The maximum atomic E-state index is 0. The zero-order valence-corrected chi connectivity index (χ0v) is 9.19. The summed E-state index contributed by atoms with van der Waals surface area (Å²) in [5.41, 5.74) is 0. The monoisotopic (exact) mass is 290 g/mol. The molecule has 5 heteroatoms. The van der Waals surface area contributed by atoms with Gasteiger partial charge in [-0.05, 0) is 0 Å². The van der Waals surface area contributed by atoms with Crippen molar-refractivity contribution in [2.75, 3.05) is 0 Å². The predicted molar refractivity (Wildman–Crippen MR) is 7.13 cm³/mol. The molecule has 0 fully saturated rings. The fraction of sp³-hybridized carbons (Fsp3) is 0. The van der Waals surface area contributed by atoms with Gasteiger partial charge in [0, 0.05) is 50.1 Å². The molecule has 0 bridgehead atoms. The second-order valence-electron chi connectivity index (χ2n) is 0. The minimum absolute atomic E-state index is 0. The van der Waals surface area contributed by atoms with Gasteiger partial charge in [0.2, 0.25) is 0 Å². The van der Waals surface area contributed by atoms with Crippen molar-refractivity contribution in [2.45, 2.75) is 0 Å². The van der Waals surface area contributed by atoms with Crippen molar-refractivity contribution in [3.63, 3.8) is 0 Å². The first kappa shape index (κ1) is 54.4. The van der Waals surface area contributed by atoms with Crippen LogP contribution in [-0.4, -0.2) is 23.9 Å². The third-order valence-corrected chi connectivity index (χ3v) is 0. The van der Waals surface area contributed by atoms with Crippen molar-refractivity contribution in [3.8, 4) is 0 Å². The maximum Gasteiger partial charge on any atom is 4.00 e. The van der Waals surface area contributed by atoms with Crippen LogP contribution in [0.1, 0.15) is 0 Å². The summed E-state index contributed by atoms with van der Waals surface area (Å²) in [5.74, 6) is 0. The van der Waals surface area contributed by atoms with E-state index in [9.17, 15) is 0 Å². The van der Waals surface area contributed by atoms with E-state index >= 15 is 0 Å². The Morgan fingerprint density at radius 1 is 0.800 bits per heavy atom. The van der Waals surface area contributed by atoms with Crippen molar-refractivity contribution in [1.82, 2.24) is 0 Å². The maximum absolute atomic E-state index is 0. The van der Waals surface area contributed by atoms with E-state index in [4.69, 9.17) is 0 Å². The molecule has 0 aromatic carbocycles. The molecule has 0 atom stereocenters. The Bertz CT molecular complexity index is 9.61. The van der Waals surface area contributed by atoms with E-state index in [0.29, 0.717) is 0 Å².